The Morgan fingerprint density at radius 1 is 1.12 bits per heavy atom. The zero-order chi connectivity index (χ0) is 17.8. The Morgan fingerprint density at radius 2 is 1.71 bits per heavy atom. The lowest BCUT2D eigenvalue weighted by molar-refractivity contribution is -0.132. The first-order valence-corrected chi connectivity index (χ1v) is 8.70. The maximum Gasteiger partial charge on any atom is 0.290 e. The van der Waals surface area contributed by atoms with E-state index < -0.39 is 0 Å². The standard InChI is InChI=1S/C16H29N3O2.CH2O2/c1-2-3-4-16(21)19-7-5-15(6-8-19)18-11-9-17(10-12-18)13-14-20;2-1-3/h2-3,15,20H,4-14H2,1H3;1H,(H,2,3)/b3-2+;. The number of β-amino-alcohol motifs (C(OH)–C–C–N with tert-alkyl or cyclic N) is 1. The van der Waals surface area contributed by atoms with Gasteiger partial charge in [-0.15, -0.1) is 0 Å². The van der Waals surface area contributed by atoms with Crippen molar-refractivity contribution >= 4 is 12.4 Å². The van der Waals surface area contributed by atoms with Crippen molar-refractivity contribution in [1.82, 2.24) is 14.7 Å². The van der Waals surface area contributed by atoms with Gasteiger partial charge in [-0.3, -0.25) is 19.4 Å². The first-order valence-electron chi connectivity index (χ1n) is 8.70. The number of carboxylic acid groups (broad SMARTS) is 1. The van der Waals surface area contributed by atoms with Crippen LogP contribution in [0.2, 0.25) is 0 Å². The number of aliphatic hydroxyl groups excluding tert-OH is 1. The molecule has 0 aromatic rings. The van der Waals surface area contributed by atoms with E-state index in [4.69, 9.17) is 15.0 Å². The van der Waals surface area contributed by atoms with Crippen LogP contribution in [0.4, 0.5) is 0 Å². The lowest BCUT2D eigenvalue weighted by Gasteiger charge is -2.42. The fraction of sp³-hybridized carbons (Fsp3) is 0.765. The molecule has 7 nitrogen and oxygen atoms in total. The second-order valence-electron chi connectivity index (χ2n) is 6.09. The van der Waals surface area contributed by atoms with Crippen LogP contribution in [-0.2, 0) is 9.59 Å². The van der Waals surface area contributed by atoms with Crippen molar-refractivity contribution in [3.63, 3.8) is 0 Å². The van der Waals surface area contributed by atoms with Crippen LogP contribution in [0.3, 0.4) is 0 Å². The number of amides is 1. The van der Waals surface area contributed by atoms with Gasteiger partial charge in [0.15, 0.2) is 0 Å². The average Bonchev–Trinajstić information content (AvgIpc) is 2.61. The molecule has 0 atom stereocenters. The molecule has 1 amide bonds. The number of carbonyl (C=O) groups excluding carboxylic acids is 1. The lowest BCUT2D eigenvalue weighted by Crippen LogP contribution is -2.54. The van der Waals surface area contributed by atoms with Gasteiger partial charge in [0.05, 0.1) is 6.61 Å². The van der Waals surface area contributed by atoms with Crippen molar-refractivity contribution in [2.45, 2.75) is 32.2 Å². The molecule has 0 unspecified atom stereocenters. The summed E-state index contributed by atoms with van der Waals surface area (Å²) in [6.45, 7) is 8.86. The minimum absolute atomic E-state index is 0.250. The minimum atomic E-state index is -0.250. The fourth-order valence-electron chi connectivity index (χ4n) is 3.32. The van der Waals surface area contributed by atoms with E-state index in [1.165, 1.54) is 0 Å². The zero-order valence-corrected chi connectivity index (χ0v) is 14.6. The van der Waals surface area contributed by atoms with Crippen LogP contribution < -0.4 is 0 Å². The number of piperidine rings is 1. The summed E-state index contributed by atoms with van der Waals surface area (Å²) in [5, 5.41) is 15.9. The molecule has 24 heavy (non-hydrogen) atoms. The number of piperazine rings is 1. The van der Waals surface area contributed by atoms with Gasteiger partial charge in [-0.1, -0.05) is 12.2 Å². The molecule has 2 rings (SSSR count). The van der Waals surface area contributed by atoms with E-state index in [9.17, 15) is 4.79 Å². The van der Waals surface area contributed by atoms with Crippen molar-refractivity contribution in [2.75, 3.05) is 52.4 Å². The molecule has 0 aromatic heterocycles. The van der Waals surface area contributed by atoms with E-state index in [1.54, 1.807) is 0 Å². The second kappa shape index (κ2) is 12.0. The highest BCUT2D eigenvalue weighted by Crippen LogP contribution is 2.19. The van der Waals surface area contributed by atoms with E-state index in [-0.39, 0.29) is 19.0 Å². The number of allylic oxidation sites excluding steroid dienone is 1. The van der Waals surface area contributed by atoms with Gasteiger partial charge < -0.3 is 15.1 Å². The molecule has 0 bridgehead atoms. The summed E-state index contributed by atoms with van der Waals surface area (Å²) in [6, 6.07) is 0.632. The Labute approximate surface area is 144 Å². The van der Waals surface area contributed by atoms with Gasteiger partial charge in [-0.25, -0.2) is 0 Å². The number of likely N-dealkylation sites (tertiary alicyclic amines) is 1. The van der Waals surface area contributed by atoms with Crippen LogP contribution in [0.25, 0.3) is 0 Å². The maximum atomic E-state index is 12.0. The van der Waals surface area contributed by atoms with E-state index >= 15 is 0 Å². The first-order chi connectivity index (χ1) is 11.7. The van der Waals surface area contributed by atoms with E-state index in [0.29, 0.717) is 12.5 Å². The molecule has 0 spiro atoms. The molecule has 7 heteroatoms. The third-order valence-electron chi connectivity index (χ3n) is 4.68. The summed E-state index contributed by atoms with van der Waals surface area (Å²) in [6.07, 6.45) is 6.62. The van der Waals surface area contributed by atoms with Crippen LogP contribution in [0, 0.1) is 0 Å². The van der Waals surface area contributed by atoms with Gasteiger partial charge in [0.2, 0.25) is 5.91 Å². The second-order valence-corrected chi connectivity index (χ2v) is 6.09. The summed E-state index contributed by atoms with van der Waals surface area (Å²) in [7, 11) is 0. The Hall–Kier alpha value is -1.44. The van der Waals surface area contributed by atoms with Crippen molar-refractivity contribution in [2.24, 2.45) is 0 Å². The molecule has 2 N–H and O–H groups in total. The van der Waals surface area contributed by atoms with Gasteiger partial charge in [0, 0.05) is 58.3 Å². The van der Waals surface area contributed by atoms with E-state index in [2.05, 4.69) is 9.80 Å². The monoisotopic (exact) mass is 341 g/mol. The van der Waals surface area contributed by atoms with Gasteiger partial charge in [0.1, 0.15) is 0 Å². The highest BCUT2D eigenvalue weighted by Gasteiger charge is 2.28. The molecule has 2 fully saturated rings. The fourth-order valence-corrected chi connectivity index (χ4v) is 3.32. The topological polar surface area (TPSA) is 84.3 Å². The van der Waals surface area contributed by atoms with Crippen LogP contribution in [-0.4, -0.2) is 95.8 Å². The molecular formula is C17H31N3O4. The van der Waals surface area contributed by atoms with Crippen LogP contribution >= 0.6 is 0 Å². The van der Waals surface area contributed by atoms with Gasteiger partial charge >= 0.3 is 0 Å². The third-order valence-corrected chi connectivity index (χ3v) is 4.68. The number of rotatable bonds is 5. The lowest BCUT2D eigenvalue weighted by atomic mass is 10.0. The third kappa shape index (κ3) is 6.98. The number of aliphatic hydroxyl groups is 1. The Bertz CT molecular complexity index is 387. The van der Waals surface area contributed by atoms with Crippen molar-refractivity contribution in [1.29, 1.82) is 0 Å². The van der Waals surface area contributed by atoms with Crippen molar-refractivity contribution in [3.05, 3.63) is 12.2 Å². The quantitative estimate of drug-likeness (QED) is 0.551. The Kier molecular flexibility index (Phi) is 10.3. The van der Waals surface area contributed by atoms with Crippen molar-refractivity contribution in [3.8, 4) is 0 Å². The van der Waals surface area contributed by atoms with E-state index in [1.807, 2.05) is 24.0 Å². The number of carbonyl (C=O) groups is 2. The largest absolute Gasteiger partial charge is 0.483 e. The average molecular weight is 341 g/mol. The Balaban J connectivity index is 0.000000891. The zero-order valence-electron chi connectivity index (χ0n) is 14.6. The number of hydrogen-bond donors (Lipinski definition) is 2. The summed E-state index contributed by atoms with van der Waals surface area (Å²) >= 11 is 0. The molecule has 0 aromatic carbocycles. The molecule has 2 saturated heterocycles. The number of nitrogens with zero attached hydrogens (tertiary/aromatic N) is 3. The van der Waals surface area contributed by atoms with Crippen LogP contribution in [0.15, 0.2) is 12.2 Å². The number of hydrogen-bond acceptors (Lipinski definition) is 5. The SMILES string of the molecule is C/C=C/CC(=O)N1CCC(N2CCN(CCO)CC2)CC1.O=CO. The Morgan fingerprint density at radius 3 is 2.21 bits per heavy atom. The van der Waals surface area contributed by atoms with Gasteiger partial charge in [-0.05, 0) is 19.8 Å². The van der Waals surface area contributed by atoms with Gasteiger partial charge in [-0.2, -0.15) is 0 Å². The smallest absolute Gasteiger partial charge is 0.290 e. The first kappa shape index (κ1) is 20.6. The summed E-state index contributed by atoms with van der Waals surface area (Å²) in [4.78, 5) is 27.3. The van der Waals surface area contributed by atoms with Crippen molar-refractivity contribution < 1.29 is 19.8 Å². The van der Waals surface area contributed by atoms with E-state index in [0.717, 1.165) is 58.7 Å². The van der Waals surface area contributed by atoms with Gasteiger partial charge in [0.25, 0.3) is 6.47 Å². The minimum Gasteiger partial charge on any atom is -0.483 e. The summed E-state index contributed by atoms with van der Waals surface area (Å²) < 4.78 is 0. The predicted octanol–water partition coefficient (Wildman–Crippen LogP) is 0.254. The molecule has 0 radical (unpaired) electrons. The molecule has 2 heterocycles. The molecule has 0 saturated carbocycles. The molecule has 2 aliphatic rings. The molecule has 138 valence electrons. The molecular weight excluding hydrogens is 310 g/mol. The molecule has 0 aliphatic carbocycles. The van der Waals surface area contributed by atoms with Crippen LogP contribution in [0.1, 0.15) is 26.2 Å². The van der Waals surface area contributed by atoms with Crippen LogP contribution in [0.5, 0.6) is 0 Å². The molecule has 2 aliphatic heterocycles. The maximum absolute atomic E-state index is 12.0. The normalized spacial score (nSPS) is 20.7. The highest BCUT2D eigenvalue weighted by atomic mass is 16.3. The highest BCUT2D eigenvalue weighted by molar-refractivity contribution is 5.77. The predicted molar refractivity (Wildman–Crippen MR) is 92.8 cm³/mol. The summed E-state index contributed by atoms with van der Waals surface area (Å²) in [5.41, 5.74) is 0. The summed E-state index contributed by atoms with van der Waals surface area (Å²) in [5.74, 6) is 0.263.